The van der Waals surface area contributed by atoms with Crippen molar-refractivity contribution in [3.05, 3.63) is 34.8 Å². The van der Waals surface area contributed by atoms with E-state index in [9.17, 15) is 4.79 Å². The van der Waals surface area contributed by atoms with Gasteiger partial charge in [-0.15, -0.1) is 0 Å². The maximum absolute atomic E-state index is 13.0. The molecule has 2 aliphatic rings. The van der Waals surface area contributed by atoms with Crippen LogP contribution in [-0.2, 0) is 4.74 Å². The first kappa shape index (κ1) is 16.5. The van der Waals surface area contributed by atoms with Crippen molar-refractivity contribution in [3.63, 3.8) is 0 Å². The van der Waals surface area contributed by atoms with Crippen molar-refractivity contribution in [1.82, 2.24) is 0 Å². The number of aryl methyl sites for hydroxylation is 1. The molecule has 23 heavy (non-hydrogen) atoms. The van der Waals surface area contributed by atoms with Gasteiger partial charge in [0.05, 0.1) is 18.5 Å². The number of hydrogen-bond acceptors (Lipinski definition) is 3. The van der Waals surface area contributed by atoms with E-state index in [0.717, 1.165) is 42.4 Å². The van der Waals surface area contributed by atoms with Crippen LogP contribution in [0.3, 0.4) is 0 Å². The fraction of sp³-hybridized carbons (Fsp3) is 0.650. The molecule has 3 nitrogen and oxygen atoms in total. The SMILES string of the molecule is CCCC(C)O[C@H]1c2c(C)coc2C(=O)C2=CCC[C@H](C)[C@]21C. The van der Waals surface area contributed by atoms with Gasteiger partial charge in [0.1, 0.15) is 0 Å². The molecule has 0 saturated carbocycles. The molecule has 0 bridgehead atoms. The highest BCUT2D eigenvalue weighted by atomic mass is 16.5. The number of Topliss-reactive ketones (excluding diaryl/α,β-unsaturated/α-hetero) is 1. The number of fused-ring (bicyclic) bond motifs is 2. The number of allylic oxidation sites excluding steroid dienone is 1. The fourth-order valence-corrected chi connectivity index (χ4v) is 4.29. The molecule has 3 heteroatoms. The summed E-state index contributed by atoms with van der Waals surface area (Å²) in [5.74, 6) is 0.965. The number of carbonyl (C=O) groups is 1. The lowest BCUT2D eigenvalue weighted by molar-refractivity contribution is -0.0871. The van der Waals surface area contributed by atoms with Crippen LogP contribution in [0.5, 0.6) is 0 Å². The second-order valence-corrected chi connectivity index (χ2v) is 7.48. The lowest BCUT2D eigenvalue weighted by atomic mass is 9.58. The summed E-state index contributed by atoms with van der Waals surface area (Å²) in [5.41, 5.74) is 2.64. The van der Waals surface area contributed by atoms with E-state index in [1.165, 1.54) is 0 Å². The molecule has 2 aliphatic carbocycles. The summed E-state index contributed by atoms with van der Waals surface area (Å²) in [7, 11) is 0. The monoisotopic (exact) mass is 316 g/mol. The summed E-state index contributed by atoms with van der Waals surface area (Å²) in [6, 6.07) is 0. The predicted octanol–water partition coefficient (Wildman–Crippen LogP) is 5.39. The zero-order valence-corrected chi connectivity index (χ0v) is 14.9. The Morgan fingerprint density at radius 1 is 1.48 bits per heavy atom. The van der Waals surface area contributed by atoms with E-state index in [1.54, 1.807) is 6.26 Å². The van der Waals surface area contributed by atoms with Gasteiger partial charge in [-0.25, -0.2) is 0 Å². The molecular formula is C20H28O3. The summed E-state index contributed by atoms with van der Waals surface area (Å²) < 4.78 is 12.2. The van der Waals surface area contributed by atoms with E-state index < -0.39 is 0 Å². The number of furan rings is 1. The topological polar surface area (TPSA) is 39.4 Å². The minimum absolute atomic E-state index is 0.0603. The first-order valence-corrected chi connectivity index (χ1v) is 8.90. The predicted molar refractivity (Wildman–Crippen MR) is 90.6 cm³/mol. The summed E-state index contributed by atoms with van der Waals surface area (Å²) in [6.07, 6.45) is 8.08. The fourth-order valence-electron chi connectivity index (χ4n) is 4.29. The van der Waals surface area contributed by atoms with Gasteiger partial charge in [-0.2, -0.15) is 0 Å². The highest BCUT2D eigenvalue weighted by molar-refractivity contribution is 6.10. The van der Waals surface area contributed by atoms with E-state index in [-0.39, 0.29) is 23.4 Å². The average molecular weight is 316 g/mol. The van der Waals surface area contributed by atoms with Crippen LogP contribution in [0.15, 0.2) is 22.3 Å². The normalized spacial score (nSPS) is 31.3. The van der Waals surface area contributed by atoms with Gasteiger partial charge in [-0.05, 0) is 44.6 Å². The van der Waals surface area contributed by atoms with Crippen LogP contribution >= 0.6 is 0 Å². The number of hydrogen-bond donors (Lipinski definition) is 0. The second-order valence-electron chi connectivity index (χ2n) is 7.48. The van der Waals surface area contributed by atoms with E-state index in [1.807, 2.05) is 6.92 Å². The van der Waals surface area contributed by atoms with Gasteiger partial charge in [0.25, 0.3) is 0 Å². The standard InChI is InChI=1S/C20H28O3/c1-6-8-14(4)23-19-16-12(2)11-22-18(16)17(21)15-10-7-9-13(3)20(15,19)5/h10-11,13-14,19H,6-9H2,1-5H3/t13-,14?,19-,20+/m0/s1. The van der Waals surface area contributed by atoms with Gasteiger partial charge < -0.3 is 9.15 Å². The smallest absolute Gasteiger partial charge is 0.224 e. The first-order valence-electron chi connectivity index (χ1n) is 8.90. The molecule has 126 valence electrons. The molecule has 0 aliphatic heterocycles. The highest BCUT2D eigenvalue weighted by Gasteiger charge is 2.54. The second kappa shape index (κ2) is 5.94. The van der Waals surface area contributed by atoms with Crippen molar-refractivity contribution < 1.29 is 13.9 Å². The zero-order valence-electron chi connectivity index (χ0n) is 14.9. The van der Waals surface area contributed by atoms with E-state index in [0.29, 0.717) is 11.7 Å². The molecular weight excluding hydrogens is 288 g/mol. The molecule has 3 rings (SSSR count). The van der Waals surface area contributed by atoms with Gasteiger partial charge in [0.15, 0.2) is 5.76 Å². The Bertz CT molecular complexity index is 639. The van der Waals surface area contributed by atoms with Crippen LogP contribution < -0.4 is 0 Å². The molecule has 4 atom stereocenters. The van der Waals surface area contributed by atoms with Crippen LogP contribution in [0.2, 0.25) is 0 Å². The lowest BCUT2D eigenvalue weighted by Crippen LogP contribution is -2.45. The molecule has 0 spiro atoms. The maximum atomic E-state index is 13.0. The summed E-state index contributed by atoms with van der Waals surface area (Å²) in [4.78, 5) is 13.0. The molecule has 1 aromatic rings. The molecule has 0 fully saturated rings. The van der Waals surface area contributed by atoms with E-state index >= 15 is 0 Å². The molecule has 1 unspecified atom stereocenters. The van der Waals surface area contributed by atoms with E-state index in [2.05, 4.69) is 33.8 Å². The summed E-state index contributed by atoms with van der Waals surface area (Å²) in [6.45, 7) is 10.8. The molecule has 1 aromatic heterocycles. The van der Waals surface area contributed by atoms with Crippen LogP contribution in [0.1, 0.15) is 81.2 Å². The Morgan fingerprint density at radius 3 is 2.91 bits per heavy atom. The molecule has 0 N–H and O–H groups in total. The number of ether oxygens (including phenoxy) is 1. The minimum Gasteiger partial charge on any atom is -0.460 e. The first-order chi connectivity index (χ1) is 10.9. The third-order valence-electron chi connectivity index (χ3n) is 5.90. The molecule has 0 aromatic carbocycles. The Kier molecular flexibility index (Phi) is 4.26. The van der Waals surface area contributed by atoms with Crippen LogP contribution in [-0.4, -0.2) is 11.9 Å². The third kappa shape index (κ3) is 2.40. The molecule has 0 amide bonds. The Labute approximate surface area is 139 Å². The number of rotatable bonds is 4. The van der Waals surface area contributed by atoms with E-state index in [4.69, 9.17) is 9.15 Å². The largest absolute Gasteiger partial charge is 0.460 e. The van der Waals surface area contributed by atoms with Gasteiger partial charge in [-0.1, -0.05) is 33.3 Å². The van der Waals surface area contributed by atoms with Crippen molar-refractivity contribution in [3.8, 4) is 0 Å². The Hall–Kier alpha value is -1.35. The highest BCUT2D eigenvalue weighted by Crippen LogP contribution is 2.57. The summed E-state index contributed by atoms with van der Waals surface area (Å²) in [5, 5.41) is 0. The quantitative estimate of drug-likeness (QED) is 0.747. The number of carbonyl (C=O) groups excluding carboxylic acids is 1. The van der Waals surface area contributed by atoms with Crippen molar-refractivity contribution in [1.29, 1.82) is 0 Å². The molecule has 1 heterocycles. The van der Waals surface area contributed by atoms with Gasteiger partial charge in [0, 0.05) is 16.6 Å². The summed E-state index contributed by atoms with van der Waals surface area (Å²) >= 11 is 0. The van der Waals surface area contributed by atoms with Crippen molar-refractivity contribution in [2.45, 2.75) is 72.5 Å². The third-order valence-corrected chi connectivity index (χ3v) is 5.90. The van der Waals surface area contributed by atoms with Crippen LogP contribution in [0, 0.1) is 18.3 Å². The lowest BCUT2D eigenvalue weighted by Gasteiger charge is -2.48. The number of ketones is 1. The molecule has 0 saturated heterocycles. The van der Waals surface area contributed by atoms with Gasteiger partial charge in [-0.3, -0.25) is 4.79 Å². The van der Waals surface area contributed by atoms with Crippen LogP contribution in [0.25, 0.3) is 0 Å². The van der Waals surface area contributed by atoms with Crippen LogP contribution in [0.4, 0.5) is 0 Å². The van der Waals surface area contributed by atoms with Crippen molar-refractivity contribution in [2.75, 3.05) is 0 Å². The average Bonchev–Trinajstić information content (AvgIpc) is 2.88. The van der Waals surface area contributed by atoms with Crippen molar-refractivity contribution >= 4 is 5.78 Å². The molecule has 0 radical (unpaired) electrons. The Balaban J connectivity index is 2.13. The Morgan fingerprint density at radius 2 is 2.22 bits per heavy atom. The minimum atomic E-state index is -0.265. The maximum Gasteiger partial charge on any atom is 0.224 e. The van der Waals surface area contributed by atoms with Crippen molar-refractivity contribution in [2.24, 2.45) is 11.3 Å². The van der Waals surface area contributed by atoms with Gasteiger partial charge in [0.2, 0.25) is 5.78 Å². The van der Waals surface area contributed by atoms with Gasteiger partial charge >= 0.3 is 0 Å². The zero-order chi connectivity index (χ0) is 16.8.